The van der Waals surface area contributed by atoms with E-state index < -0.39 is 15.7 Å². The molecule has 0 aromatic carbocycles. The molecule has 0 saturated carbocycles. The summed E-state index contributed by atoms with van der Waals surface area (Å²) in [6.07, 6.45) is 0. The van der Waals surface area contributed by atoms with Gasteiger partial charge in [-0.2, -0.15) is 0 Å². The van der Waals surface area contributed by atoms with Crippen LogP contribution < -0.4 is 12.3 Å². The molecule has 0 aromatic rings. The molecule has 6 heteroatoms. The SMILES string of the molecule is C[C](=O)[Cu+3].[O-][As]([O-])[O-]. The van der Waals surface area contributed by atoms with Crippen LogP contribution in [0, 0.1) is 0 Å². The molecule has 0 unspecified atom stereocenters. The third-order valence-electron chi connectivity index (χ3n) is 0. The summed E-state index contributed by atoms with van der Waals surface area (Å²) in [7, 11) is 0. The Balaban J connectivity index is 0. The Morgan fingerprint density at radius 1 is 1.50 bits per heavy atom. The Bertz CT molecular complexity index is 58.3. The van der Waals surface area contributed by atoms with Crippen molar-refractivity contribution in [3.63, 3.8) is 0 Å². The quantitative estimate of drug-likeness (QED) is 0.398. The van der Waals surface area contributed by atoms with Gasteiger partial charge >= 0.3 is 60.4 Å². The second-order valence-corrected chi connectivity index (χ2v) is 2.24. The van der Waals surface area contributed by atoms with Crippen LogP contribution in [0.3, 0.4) is 0 Å². The van der Waals surface area contributed by atoms with Crippen LogP contribution >= 0.6 is 0 Å². The zero-order chi connectivity index (χ0) is 7.15. The first-order valence-corrected chi connectivity index (χ1v) is 4.17. The standard InChI is InChI=1S/C2H3O.AsO3.Cu/c1-2-3;2-1(3)4;/h1H3;;/q;-3;+3. The topological polar surface area (TPSA) is 86.2 Å². The van der Waals surface area contributed by atoms with Gasteiger partial charge in [-0.15, -0.1) is 0 Å². The second kappa shape index (κ2) is 7.63. The van der Waals surface area contributed by atoms with Crippen molar-refractivity contribution < 1.29 is 33.1 Å². The van der Waals surface area contributed by atoms with Crippen LogP contribution in [0.1, 0.15) is 6.92 Å². The Kier molecular flexibility index (Phi) is 10.9. The molecule has 0 spiro atoms. The molecule has 0 aliphatic rings. The van der Waals surface area contributed by atoms with Crippen molar-refractivity contribution in [2.24, 2.45) is 0 Å². The second-order valence-electron chi connectivity index (χ2n) is 0.640. The first kappa shape index (κ1) is 11.4. The van der Waals surface area contributed by atoms with Crippen molar-refractivity contribution in [1.82, 2.24) is 0 Å². The number of hydrogen-bond acceptors (Lipinski definition) is 4. The van der Waals surface area contributed by atoms with E-state index in [1.165, 1.54) is 6.92 Å². The van der Waals surface area contributed by atoms with E-state index in [2.05, 4.69) is 16.0 Å². The summed E-state index contributed by atoms with van der Waals surface area (Å²) in [5.41, 5.74) is 0. The number of rotatable bonds is 0. The minimum absolute atomic E-state index is 0.271. The van der Waals surface area contributed by atoms with Gasteiger partial charge in [-0.1, -0.05) is 0 Å². The summed E-state index contributed by atoms with van der Waals surface area (Å²) in [5, 5.41) is 0. The molecule has 0 heterocycles. The van der Waals surface area contributed by atoms with Gasteiger partial charge in [-0.05, 0) is 0 Å². The molecule has 0 fully saturated rings. The van der Waals surface area contributed by atoms with Crippen LogP contribution in [0.15, 0.2) is 0 Å². The van der Waals surface area contributed by atoms with E-state index in [0.29, 0.717) is 0 Å². The molecule has 0 aromatic heterocycles. The van der Waals surface area contributed by atoms with Crippen molar-refractivity contribution in [1.29, 1.82) is 0 Å². The normalized spacial score (nSPS) is 7.75. The summed E-state index contributed by atoms with van der Waals surface area (Å²) in [4.78, 5) is 9.25. The van der Waals surface area contributed by atoms with E-state index in [4.69, 9.17) is 12.3 Å². The van der Waals surface area contributed by atoms with Crippen molar-refractivity contribution in [2.45, 2.75) is 6.92 Å². The van der Waals surface area contributed by atoms with Crippen LogP contribution in [0.25, 0.3) is 0 Å². The van der Waals surface area contributed by atoms with Gasteiger partial charge in [0.25, 0.3) is 0 Å². The molecule has 0 N–H and O–H groups in total. The van der Waals surface area contributed by atoms with Gasteiger partial charge in [-0.3, -0.25) is 0 Å². The molecule has 0 bridgehead atoms. The molecule has 0 radical (unpaired) electrons. The van der Waals surface area contributed by atoms with Gasteiger partial charge in [0.05, 0.1) is 0 Å². The fraction of sp³-hybridized carbons (Fsp3) is 0.500. The fourth-order valence-electron chi connectivity index (χ4n) is 0. The molecule has 0 aliphatic carbocycles. The van der Waals surface area contributed by atoms with Gasteiger partial charge in [0.2, 0.25) is 0 Å². The van der Waals surface area contributed by atoms with Gasteiger partial charge in [-0.25, -0.2) is 0 Å². The predicted octanol–water partition coefficient (Wildman–Crippen LogP) is -3.87. The Morgan fingerprint density at radius 3 is 1.50 bits per heavy atom. The first-order valence-electron chi connectivity index (χ1n) is 1.40. The minimum atomic E-state index is -3.94. The number of hydrogen-bond donors (Lipinski definition) is 0. The van der Waals surface area contributed by atoms with Crippen molar-refractivity contribution in [3.8, 4) is 0 Å². The van der Waals surface area contributed by atoms with Crippen LogP contribution in [0.5, 0.6) is 0 Å². The molecule has 0 aliphatic heterocycles. The van der Waals surface area contributed by atoms with Crippen molar-refractivity contribution in [2.75, 3.05) is 0 Å². The van der Waals surface area contributed by atoms with Crippen LogP contribution in [0.2, 0.25) is 0 Å². The third kappa shape index (κ3) is 532. The van der Waals surface area contributed by atoms with Crippen molar-refractivity contribution in [3.05, 3.63) is 0 Å². The molecule has 51 valence electrons. The average Bonchev–Trinajstić information content (AvgIpc) is 1.25. The molecule has 0 rings (SSSR count). The van der Waals surface area contributed by atoms with E-state index in [0.717, 1.165) is 0 Å². The Morgan fingerprint density at radius 2 is 1.50 bits per heavy atom. The maximum absolute atomic E-state index is 9.25. The average molecular weight is 230 g/mol. The van der Waals surface area contributed by atoms with Crippen molar-refractivity contribution >= 4 is 20.4 Å². The number of carbonyl (C=O) groups is 1. The van der Waals surface area contributed by atoms with E-state index in [9.17, 15) is 4.79 Å². The Hall–Kier alpha value is 0.628. The van der Waals surface area contributed by atoms with E-state index >= 15 is 0 Å². The molecule has 8 heavy (non-hydrogen) atoms. The first-order chi connectivity index (χ1) is 3.46. The van der Waals surface area contributed by atoms with Gasteiger partial charge < -0.3 is 0 Å². The molecular weight excluding hydrogens is 226 g/mol. The zero-order valence-electron chi connectivity index (χ0n) is 3.88. The predicted molar refractivity (Wildman–Crippen MR) is 16.4 cm³/mol. The third-order valence-corrected chi connectivity index (χ3v) is 0. The maximum atomic E-state index is 9.25. The van der Waals surface area contributed by atoms with Crippen LogP contribution in [-0.2, 0) is 20.8 Å². The molecular formula is C2H3AsCuO4. The molecule has 0 atom stereocenters. The van der Waals surface area contributed by atoms with Gasteiger partial charge in [0.1, 0.15) is 0 Å². The van der Waals surface area contributed by atoms with Crippen LogP contribution in [-0.4, -0.2) is 20.4 Å². The van der Waals surface area contributed by atoms with Gasteiger partial charge in [0, 0.05) is 0 Å². The molecule has 0 saturated heterocycles. The monoisotopic (exact) mass is 229 g/mol. The van der Waals surface area contributed by atoms with Gasteiger partial charge in [0.15, 0.2) is 0 Å². The Labute approximate surface area is 60.7 Å². The summed E-state index contributed by atoms with van der Waals surface area (Å²) in [6.45, 7) is 1.33. The van der Waals surface area contributed by atoms with Crippen LogP contribution in [0.4, 0.5) is 0 Å². The number of carbonyl (C=O) groups excluding carboxylic acids is 1. The summed E-state index contributed by atoms with van der Waals surface area (Å²) in [5.74, 6) is 0. The zero-order valence-corrected chi connectivity index (χ0v) is 6.70. The molecule has 0 amide bonds. The van der Waals surface area contributed by atoms with E-state index in [-0.39, 0.29) is 4.68 Å². The summed E-state index contributed by atoms with van der Waals surface area (Å²) < 4.78 is 25.4. The summed E-state index contributed by atoms with van der Waals surface area (Å²) in [6, 6.07) is 0. The molecule has 4 nitrogen and oxygen atoms in total. The summed E-state index contributed by atoms with van der Waals surface area (Å²) >= 11 is 0.167. The fourth-order valence-corrected chi connectivity index (χ4v) is 0. The van der Waals surface area contributed by atoms with E-state index in [1.807, 2.05) is 0 Å². The van der Waals surface area contributed by atoms with E-state index in [1.54, 1.807) is 0 Å².